The summed E-state index contributed by atoms with van der Waals surface area (Å²) in [5, 5.41) is 0. The first-order chi connectivity index (χ1) is 7.30. The summed E-state index contributed by atoms with van der Waals surface area (Å²) in [5.74, 6) is 0.890. The van der Waals surface area contributed by atoms with Crippen LogP contribution in [-0.2, 0) is 11.2 Å². The van der Waals surface area contributed by atoms with Crippen LogP contribution in [0.4, 0.5) is 0 Å². The molecule has 3 heteroatoms. The molecule has 0 heterocycles. The second kappa shape index (κ2) is 6.43. The number of nitrogens with two attached hydrogens (primary N) is 1. The zero-order chi connectivity index (χ0) is 11.1. The minimum absolute atomic E-state index is 0.159. The Bertz CT molecular complexity index is 267. The van der Waals surface area contributed by atoms with Crippen LogP contribution in [0.25, 0.3) is 0 Å². The lowest BCUT2D eigenvalue weighted by molar-refractivity contribution is 0.102. The monoisotopic (exact) mass is 209 g/mol. The van der Waals surface area contributed by atoms with Crippen molar-refractivity contribution >= 4 is 0 Å². The zero-order valence-corrected chi connectivity index (χ0v) is 9.40. The lowest BCUT2D eigenvalue weighted by Crippen LogP contribution is -2.22. The molecule has 0 aliphatic heterocycles. The van der Waals surface area contributed by atoms with Gasteiger partial charge in [-0.15, -0.1) is 0 Å². The van der Waals surface area contributed by atoms with Gasteiger partial charge in [0.05, 0.1) is 13.2 Å². The molecule has 0 radical (unpaired) electrons. The van der Waals surface area contributed by atoms with E-state index in [4.69, 9.17) is 15.2 Å². The molecule has 1 rings (SSSR count). The van der Waals surface area contributed by atoms with E-state index in [0.29, 0.717) is 6.54 Å². The van der Waals surface area contributed by atoms with Gasteiger partial charge in [-0.1, -0.05) is 12.1 Å². The molecule has 1 unspecified atom stereocenters. The third kappa shape index (κ3) is 3.90. The van der Waals surface area contributed by atoms with Crippen molar-refractivity contribution in [2.75, 3.05) is 20.8 Å². The maximum atomic E-state index is 5.55. The van der Waals surface area contributed by atoms with E-state index in [1.54, 1.807) is 14.2 Å². The van der Waals surface area contributed by atoms with E-state index < -0.39 is 0 Å². The van der Waals surface area contributed by atoms with E-state index >= 15 is 0 Å². The van der Waals surface area contributed by atoms with Crippen molar-refractivity contribution in [1.82, 2.24) is 0 Å². The van der Waals surface area contributed by atoms with Crippen LogP contribution in [0.1, 0.15) is 12.0 Å². The summed E-state index contributed by atoms with van der Waals surface area (Å²) >= 11 is 0. The quantitative estimate of drug-likeness (QED) is 0.774. The van der Waals surface area contributed by atoms with E-state index in [2.05, 4.69) is 12.1 Å². The second-order valence-corrected chi connectivity index (χ2v) is 3.48. The molecule has 0 saturated carbocycles. The first-order valence-corrected chi connectivity index (χ1v) is 5.16. The fourth-order valence-electron chi connectivity index (χ4n) is 1.45. The van der Waals surface area contributed by atoms with Crippen LogP contribution < -0.4 is 10.5 Å². The van der Waals surface area contributed by atoms with Gasteiger partial charge < -0.3 is 15.2 Å². The highest BCUT2D eigenvalue weighted by Crippen LogP contribution is 2.13. The molecular weight excluding hydrogens is 190 g/mol. The number of benzene rings is 1. The molecule has 0 bridgehead atoms. The normalized spacial score (nSPS) is 12.5. The van der Waals surface area contributed by atoms with Gasteiger partial charge in [-0.3, -0.25) is 0 Å². The second-order valence-electron chi connectivity index (χ2n) is 3.48. The molecule has 0 aliphatic rings. The molecule has 0 saturated heterocycles. The van der Waals surface area contributed by atoms with Crippen LogP contribution in [-0.4, -0.2) is 26.9 Å². The summed E-state index contributed by atoms with van der Waals surface area (Å²) in [7, 11) is 3.37. The van der Waals surface area contributed by atoms with Crippen molar-refractivity contribution in [3.05, 3.63) is 29.8 Å². The largest absolute Gasteiger partial charge is 0.497 e. The van der Waals surface area contributed by atoms with Crippen LogP contribution in [0.15, 0.2) is 24.3 Å². The van der Waals surface area contributed by atoms with Gasteiger partial charge >= 0.3 is 0 Å². The van der Waals surface area contributed by atoms with Gasteiger partial charge in [0.1, 0.15) is 5.75 Å². The number of aryl methyl sites for hydroxylation is 1. The van der Waals surface area contributed by atoms with Gasteiger partial charge in [0, 0.05) is 13.7 Å². The molecule has 3 nitrogen and oxygen atoms in total. The molecule has 2 N–H and O–H groups in total. The van der Waals surface area contributed by atoms with E-state index in [-0.39, 0.29) is 6.10 Å². The van der Waals surface area contributed by atoms with Crippen LogP contribution in [0.3, 0.4) is 0 Å². The average Bonchev–Trinajstić information content (AvgIpc) is 2.31. The molecule has 1 aromatic rings. The maximum absolute atomic E-state index is 5.55. The third-order valence-corrected chi connectivity index (χ3v) is 2.51. The number of rotatable bonds is 6. The predicted molar refractivity (Wildman–Crippen MR) is 61.2 cm³/mol. The highest BCUT2D eigenvalue weighted by Gasteiger charge is 2.04. The van der Waals surface area contributed by atoms with Crippen molar-refractivity contribution in [1.29, 1.82) is 0 Å². The van der Waals surface area contributed by atoms with Crippen molar-refractivity contribution in [3.8, 4) is 5.75 Å². The maximum Gasteiger partial charge on any atom is 0.118 e. The molecule has 0 aliphatic carbocycles. The lowest BCUT2D eigenvalue weighted by atomic mass is 10.1. The number of ether oxygens (including phenoxy) is 2. The Labute approximate surface area is 91.2 Å². The Morgan fingerprint density at radius 2 is 1.87 bits per heavy atom. The van der Waals surface area contributed by atoms with Gasteiger partial charge in [0.2, 0.25) is 0 Å². The van der Waals surface area contributed by atoms with Gasteiger partial charge in [0.15, 0.2) is 0 Å². The van der Waals surface area contributed by atoms with E-state index in [1.807, 2.05) is 12.1 Å². The first kappa shape index (κ1) is 12.0. The minimum atomic E-state index is 0.159. The number of methoxy groups -OCH3 is 2. The minimum Gasteiger partial charge on any atom is -0.497 e. The fourth-order valence-corrected chi connectivity index (χ4v) is 1.45. The molecule has 0 fully saturated rings. The van der Waals surface area contributed by atoms with Crippen LogP contribution in [0.2, 0.25) is 0 Å². The Kier molecular flexibility index (Phi) is 5.15. The number of hydrogen-bond acceptors (Lipinski definition) is 3. The lowest BCUT2D eigenvalue weighted by Gasteiger charge is -2.12. The Morgan fingerprint density at radius 3 is 2.33 bits per heavy atom. The fraction of sp³-hybridized carbons (Fsp3) is 0.500. The highest BCUT2D eigenvalue weighted by molar-refractivity contribution is 5.27. The van der Waals surface area contributed by atoms with Crippen LogP contribution in [0, 0.1) is 0 Å². The molecule has 15 heavy (non-hydrogen) atoms. The third-order valence-electron chi connectivity index (χ3n) is 2.51. The molecular formula is C12H19NO2. The molecule has 84 valence electrons. The molecule has 0 spiro atoms. The summed E-state index contributed by atoms with van der Waals surface area (Å²) in [6.07, 6.45) is 2.10. The Hall–Kier alpha value is -1.06. The molecule has 1 aromatic carbocycles. The van der Waals surface area contributed by atoms with Gasteiger partial charge in [-0.05, 0) is 30.5 Å². The molecule has 1 atom stereocenters. The highest BCUT2D eigenvalue weighted by atomic mass is 16.5. The SMILES string of the molecule is COc1ccc(CCC(CN)OC)cc1. The van der Waals surface area contributed by atoms with Crippen LogP contribution >= 0.6 is 0 Å². The van der Waals surface area contributed by atoms with Crippen molar-refractivity contribution in [2.24, 2.45) is 5.73 Å². The van der Waals surface area contributed by atoms with Crippen molar-refractivity contribution < 1.29 is 9.47 Å². The van der Waals surface area contributed by atoms with Gasteiger partial charge in [-0.25, -0.2) is 0 Å². The Morgan fingerprint density at radius 1 is 1.20 bits per heavy atom. The first-order valence-electron chi connectivity index (χ1n) is 5.16. The summed E-state index contributed by atoms with van der Waals surface area (Å²) in [6, 6.07) is 8.09. The summed E-state index contributed by atoms with van der Waals surface area (Å²) in [5.41, 5.74) is 6.83. The smallest absolute Gasteiger partial charge is 0.118 e. The van der Waals surface area contributed by atoms with Gasteiger partial charge in [-0.2, -0.15) is 0 Å². The van der Waals surface area contributed by atoms with Gasteiger partial charge in [0.25, 0.3) is 0 Å². The topological polar surface area (TPSA) is 44.5 Å². The molecule has 0 aromatic heterocycles. The zero-order valence-electron chi connectivity index (χ0n) is 9.40. The van der Waals surface area contributed by atoms with E-state index in [1.165, 1.54) is 5.56 Å². The average molecular weight is 209 g/mol. The summed E-state index contributed by atoms with van der Waals surface area (Å²) in [6.45, 7) is 0.576. The standard InChI is InChI=1S/C12H19NO2/c1-14-11-6-3-10(4-7-11)5-8-12(9-13)15-2/h3-4,6-7,12H,5,8-9,13H2,1-2H3. The predicted octanol–water partition coefficient (Wildman–Crippen LogP) is 1.60. The van der Waals surface area contributed by atoms with Crippen LogP contribution in [0.5, 0.6) is 5.75 Å². The summed E-state index contributed by atoms with van der Waals surface area (Å²) in [4.78, 5) is 0. The number of hydrogen-bond donors (Lipinski definition) is 1. The molecule has 0 amide bonds. The Balaban J connectivity index is 2.43. The van der Waals surface area contributed by atoms with Crippen molar-refractivity contribution in [3.63, 3.8) is 0 Å². The van der Waals surface area contributed by atoms with E-state index in [0.717, 1.165) is 18.6 Å². The van der Waals surface area contributed by atoms with E-state index in [9.17, 15) is 0 Å². The summed E-state index contributed by atoms with van der Waals surface area (Å²) < 4.78 is 10.3. The van der Waals surface area contributed by atoms with Crippen molar-refractivity contribution in [2.45, 2.75) is 18.9 Å².